The van der Waals surface area contributed by atoms with Gasteiger partial charge in [-0.05, 0) is 55.0 Å². The molecule has 0 aliphatic heterocycles. The molecule has 152 valence electrons. The van der Waals surface area contributed by atoms with Crippen molar-refractivity contribution in [3.05, 3.63) is 89.5 Å². The van der Waals surface area contributed by atoms with Crippen LogP contribution in [0.2, 0.25) is 0 Å². The maximum atomic E-state index is 12.3. The Morgan fingerprint density at radius 1 is 1.00 bits per heavy atom. The summed E-state index contributed by atoms with van der Waals surface area (Å²) in [5.74, 6) is -0.511. The Balaban J connectivity index is 1.71. The molecule has 3 aromatic carbocycles. The molecule has 3 aromatic rings. The van der Waals surface area contributed by atoms with E-state index in [1.54, 1.807) is 54.6 Å². The van der Waals surface area contributed by atoms with Crippen LogP contribution in [0.4, 0.5) is 0 Å². The Morgan fingerprint density at radius 3 is 2.47 bits per heavy atom. The van der Waals surface area contributed by atoms with Gasteiger partial charge < -0.3 is 14.6 Å². The Bertz CT molecular complexity index is 1060. The van der Waals surface area contributed by atoms with Gasteiger partial charge in [0.25, 0.3) is 5.91 Å². The summed E-state index contributed by atoms with van der Waals surface area (Å²) in [5, 5.41) is 13.6. The highest BCUT2D eigenvalue weighted by molar-refractivity contribution is 5.97. The number of hydrogen-bond acceptors (Lipinski definition) is 6. The molecule has 1 amide bonds. The second-order valence-corrected chi connectivity index (χ2v) is 6.11. The van der Waals surface area contributed by atoms with Crippen LogP contribution in [0.3, 0.4) is 0 Å². The van der Waals surface area contributed by atoms with Crippen molar-refractivity contribution in [1.82, 2.24) is 5.43 Å². The number of carbonyl (C=O) groups excluding carboxylic acids is 2. The second-order valence-electron chi connectivity index (χ2n) is 6.11. The SMILES string of the molecule is CCOc1cc(/C=N/NC(=O)c2ccccc2O)ccc1OC(=O)c1ccccc1. The Hall–Kier alpha value is -4.13. The molecule has 0 aromatic heterocycles. The van der Waals surface area contributed by atoms with Crippen LogP contribution in [0.5, 0.6) is 17.2 Å². The maximum absolute atomic E-state index is 12.3. The maximum Gasteiger partial charge on any atom is 0.343 e. The van der Waals surface area contributed by atoms with E-state index in [0.717, 1.165) is 0 Å². The number of hydrogen-bond donors (Lipinski definition) is 2. The second kappa shape index (κ2) is 9.88. The van der Waals surface area contributed by atoms with E-state index in [9.17, 15) is 14.7 Å². The number of phenols is 1. The topological polar surface area (TPSA) is 97.2 Å². The van der Waals surface area contributed by atoms with E-state index in [4.69, 9.17) is 9.47 Å². The van der Waals surface area contributed by atoms with Crippen molar-refractivity contribution in [3.63, 3.8) is 0 Å². The van der Waals surface area contributed by atoms with Gasteiger partial charge in [0.15, 0.2) is 11.5 Å². The van der Waals surface area contributed by atoms with Crippen molar-refractivity contribution in [1.29, 1.82) is 0 Å². The first-order valence-corrected chi connectivity index (χ1v) is 9.24. The number of hydrazone groups is 1. The predicted molar refractivity (Wildman–Crippen MR) is 112 cm³/mol. The third-order valence-corrected chi connectivity index (χ3v) is 4.01. The van der Waals surface area contributed by atoms with Crippen LogP contribution in [-0.2, 0) is 0 Å². The number of benzene rings is 3. The van der Waals surface area contributed by atoms with Crippen LogP contribution >= 0.6 is 0 Å². The van der Waals surface area contributed by atoms with Crippen molar-refractivity contribution in [2.24, 2.45) is 5.10 Å². The highest BCUT2D eigenvalue weighted by Gasteiger charge is 2.13. The van der Waals surface area contributed by atoms with E-state index in [2.05, 4.69) is 10.5 Å². The van der Waals surface area contributed by atoms with Crippen LogP contribution in [0.15, 0.2) is 77.9 Å². The van der Waals surface area contributed by atoms with Crippen molar-refractivity contribution >= 4 is 18.1 Å². The summed E-state index contributed by atoms with van der Waals surface area (Å²) in [7, 11) is 0. The Morgan fingerprint density at radius 2 is 1.73 bits per heavy atom. The number of aromatic hydroxyl groups is 1. The predicted octanol–water partition coefficient (Wildman–Crippen LogP) is 3.77. The zero-order valence-corrected chi connectivity index (χ0v) is 16.2. The molecule has 0 unspecified atom stereocenters. The van der Waals surface area contributed by atoms with Gasteiger partial charge in [0.05, 0.1) is 23.9 Å². The number of carbonyl (C=O) groups is 2. The van der Waals surface area contributed by atoms with E-state index >= 15 is 0 Å². The minimum atomic E-state index is -0.539. The summed E-state index contributed by atoms with van der Waals surface area (Å²) in [6, 6.07) is 19.7. The molecule has 0 saturated heterocycles. The molecule has 7 heteroatoms. The number of nitrogens with zero attached hydrogens (tertiary/aromatic N) is 1. The largest absolute Gasteiger partial charge is 0.507 e. The van der Waals surface area contributed by atoms with E-state index in [0.29, 0.717) is 23.5 Å². The first-order chi connectivity index (χ1) is 14.6. The van der Waals surface area contributed by atoms with Crippen LogP contribution in [0.25, 0.3) is 0 Å². The summed E-state index contributed by atoms with van der Waals surface area (Å²) in [6.45, 7) is 2.19. The van der Waals surface area contributed by atoms with Gasteiger partial charge in [-0.3, -0.25) is 4.79 Å². The standard InChI is InChI=1S/C23H20N2O5/c1-2-29-21-14-16(15-24-25-22(27)18-10-6-7-11-19(18)26)12-13-20(21)30-23(28)17-8-4-3-5-9-17/h3-15,26H,2H2,1H3,(H,25,27)/b24-15+. The first kappa shape index (κ1) is 20.6. The van der Waals surface area contributed by atoms with Gasteiger partial charge in [-0.1, -0.05) is 30.3 Å². The molecule has 2 N–H and O–H groups in total. The number of esters is 1. The molecule has 0 aliphatic rings. The number of ether oxygens (including phenoxy) is 2. The number of rotatable bonds is 7. The van der Waals surface area contributed by atoms with Gasteiger partial charge in [-0.25, -0.2) is 10.2 Å². The molecule has 0 heterocycles. The lowest BCUT2D eigenvalue weighted by Gasteiger charge is -2.11. The summed E-state index contributed by atoms with van der Waals surface area (Å²) >= 11 is 0. The molecule has 0 bridgehead atoms. The summed E-state index contributed by atoms with van der Waals surface area (Å²) in [5.41, 5.74) is 3.52. The van der Waals surface area contributed by atoms with Gasteiger partial charge >= 0.3 is 5.97 Å². The van der Waals surface area contributed by atoms with Crippen LogP contribution in [0.1, 0.15) is 33.2 Å². The van der Waals surface area contributed by atoms with Crippen molar-refractivity contribution < 1.29 is 24.2 Å². The van der Waals surface area contributed by atoms with E-state index < -0.39 is 11.9 Å². The number of phenolic OH excluding ortho intramolecular Hbond substituents is 1. The molecule has 0 saturated carbocycles. The first-order valence-electron chi connectivity index (χ1n) is 9.24. The average Bonchev–Trinajstić information content (AvgIpc) is 2.76. The molecule has 3 rings (SSSR count). The van der Waals surface area contributed by atoms with Gasteiger partial charge in [0.2, 0.25) is 0 Å². The molecular weight excluding hydrogens is 384 g/mol. The van der Waals surface area contributed by atoms with Crippen molar-refractivity contribution in [2.75, 3.05) is 6.61 Å². The highest BCUT2D eigenvalue weighted by Crippen LogP contribution is 2.29. The smallest absolute Gasteiger partial charge is 0.343 e. The zero-order chi connectivity index (χ0) is 21.3. The number of nitrogens with one attached hydrogen (secondary N) is 1. The number of para-hydroxylation sites is 1. The zero-order valence-electron chi connectivity index (χ0n) is 16.2. The Kier molecular flexibility index (Phi) is 6.78. The van der Waals surface area contributed by atoms with E-state index in [-0.39, 0.29) is 17.1 Å². The third kappa shape index (κ3) is 5.23. The monoisotopic (exact) mass is 404 g/mol. The molecule has 0 radical (unpaired) electrons. The molecular formula is C23H20N2O5. The lowest BCUT2D eigenvalue weighted by Crippen LogP contribution is -2.17. The Labute approximate surface area is 173 Å². The molecule has 0 spiro atoms. The quantitative estimate of drug-likeness (QED) is 0.270. The van der Waals surface area contributed by atoms with Gasteiger partial charge in [-0.15, -0.1) is 0 Å². The van der Waals surface area contributed by atoms with Crippen LogP contribution < -0.4 is 14.9 Å². The summed E-state index contributed by atoms with van der Waals surface area (Å²) in [6.07, 6.45) is 1.42. The highest BCUT2D eigenvalue weighted by atomic mass is 16.6. The fraction of sp³-hybridized carbons (Fsp3) is 0.0870. The van der Waals surface area contributed by atoms with Crippen LogP contribution in [-0.4, -0.2) is 29.8 Å². The van der Waals surface area contributed by atoms with Crippen molar-refractivity contribution in [2.45, 2.75) is 6.92 Å². The summed E-state index contributed by atoms with van der Waals surface area (Å²) in [4.78, 5) is 24.4. The van der Waals surface area contributed by atoms with Gasteiger partial charge in [0.1, 0.15) is 5.75 Å². The number of amides is 1. The van der Waals surface area contributed by atoms with Gasteiger partial charge in [-0.2, -0.15) is 5.10 Å². The fourth-order valence-corrected chi connectivity index (χ4v) is 2.58. The minimum absolute atomic E-state index is 0.118. The van der Waals surface area contributed by atoms with Gasteiger partial charge in [0, 0.05) is 0 Å². The minimum Gasteiger partial charge on any atom is -0.507 e. The molecule has 30 heavy (non-hydrogen) atoms. The molecule has 7 nitrogen and oxygen atoms in total. The van der Waals surface area contributed by atoms with E-state index in [1.165, 1.54) is 18.3 Å². The van der Waals surface area contributed by atoms with Crippen molar-refractivity contribution in [3.8, 4) is 17.2 Å². The normalized spacial score (nSPS) is 10.6. The molecule has 0 fully saturated rings. The average molecular weight is 404 g/mol. The lowest BCUT2D eigenvalue weighted by atomic mass is 10.2. The van der Waals surface area contributed by atoms with Crippen LogP contribution in [0, 0.1) is 0 Å². The molecule has 0 aliphatic carbocycles. The molecule has 0 atom stereocenters. The summed E-state index contributed by atoms with van der Waals surface area (Å²) < 4.78 is 11.0. The lowest BCUT2D eigenvalue weighted by molar-refractivity contribution is 0.0728. The fourth-order valence-electron chi connectivity index (χ4n) is 2.58. The van der Waals surface area contributed by atoms with E-state index in [1.807, 2.05) is 13.0 Å². The third-order valence-electron chi connectivity index (χ3n) is 4.01.